The molecule has 2 aliphatic heterocycles. The minimum atomic E-state index is -4.60. The molecule has 8 heteroatoms. The van der Waals surface area contributed by atoms with Gasteiger partial charge in [0.2, 0.25) is 5.91 Å². The fraction of sp³-hybridized carbons (Fsp3) is 0.833. The van der Waals surface area contributed by atoms with Crippen LogP contribution in [0.1, 0.15) is 12.8 Å². The fourth-order valence-electron chi connectivity index (χ4n) is 2.77. The van der Waals surface area contributed by atoms with E-state index in [1.165, 1.54) is 0 Å². The highest BCUT2D eigenvalue weighted by Crippen LogP contribution is 2.38. The van der Waals surface area contributed by atoms with Crippen molar-refractivity contribution in [2.75, 3.05) is 26.3 Å². The quantitative estimate of drug-likeness (QED) is 0.829. The summed E-state index contributed by atoms with van der Waals surface area (Å²) in [6, 6.07) is 0. The number of aliphatic carboxylic acids is 1. The summed E-state index contributed by atoms with van der Waals surface area (Å²) < 4.78 is 43.6. The van der Waals surface area contributed by atoms with E-state index in [9.17, 15) is 22.8 Å². The SMILES string of the molecule is O=C(O)[C@@H]1CN(C(=O)C2CCOCC2)C[C@H]1C(F)(F)F. The Labute approximate surface area is 113 Å². The van der Waals surface area contributed by atoms with E-state index >= 15 is 0 Å². The van der Waals surface area contributed by atoms with Crippen LogP contribution in [-0.2, 0) is 14.3 Å². The lowest BCUT2D eigenvalue weighted by molar-refractivity contribution is -0.188. The first-order valence-corrected chi connectivity index (χ1v) is 6.46. The summed E-state index contributed by atoms with van der Waals surface area (Å²) in [6.07, 6.45) is -3.65. The Bertz CT molecular complexity index is 393. The van der Waals surface area contributed by atoms with Crippen LogP contribution in [0.2, 0.25) is 0 Å². The number of carboxylic acid groups (broad SMARTS) is 1. The summed E-state index contributed by atoms with van der Waals surface area (Å²) in [7, 11) is 0. The molecule has 0 unspecified atom stereocenters. The average Bonchev–Trinajstić information content (AvgIpc) is 2.84. The van der Waals surface area contributed by atoms with Crippen LogP contribution >= 0.6 is 0 Å². The van der Waals surface area contributed by atoms with Crippen LogP contribution in [0.15, 0.2) is 0 Å². The zero-order chi connectivity index (χ0) is 14.9. The van der Waals surface area contributed by atoms with Crippen molar-refractivity contribution in [1.29, 1.82) is 0 Å². The summed E-state index contributed by atoms with van der Waals surface area (Å²) in [6.45, 7) is -0.100. The van der Waals surface area contributed by atoms with Crippen LogP contribution in [0.4, 0.5) is 13.2 Å². The van der Waals surface area contributed by atoms with E-state index in [0.717, 1.165) is 4.90 Å². The number of carbonyl (C=O) groups is 2. The number of halogens is 3. The lowest BCUT2D eigenvalue weighted by Crippen LogP contribution is -2.38. The van der Waals surface area contributed by atoms with Crippen LogP contribution in [-0.4, -0.2) is 54.4 Å². The maximum absolute atomic E-state index is 12.8. The number of ether oxygens (including phenoxy) is 1. The van der Waals surface area contributed by atoms with Crippen molar-refractivity contribution in [1.82, 2.24) is 4.90 Å². The van der Waals surface area contributed by atoms with Crippen molar-refractivity contribution in [3.8, 4) is 0 Å². The summed E-state index contributed by atoms with van der Waals surface area (Å²) >= 11 is 0. The summed E-state index contributed by atoms with van der Waals surface area (Å²) in [5.41, 5.74) is 0. The van der Waals surface area contributed by atoms with E-state index in [4.69, 9.17) is 9.84 Å². The molecule has 0 aromatic rings. The van der Waals surface area contributed by atoms with E-state index < -0.39 is 30.5 Å². The molecular formula is C12H16F3NO4. The average molecular weight is 295 g/mol. The number of carbonyl (C=O) groups excluding carboxylic acids is 1. The normalized spacial score (nSPS) is 28.6. The Morgan fingerprint density at radius 2 is 1.75 bits per heavy atom. The molecule has 2 saturated heterocycles. The third-order valence-electron chi connectivity index (χ3n) is 3.94. The topological polar surface area (TPSA) is 66.8 Å². The summed E-state index contributed by atoms with van der Waals surface area (Å²) in [4.78, 5) is 24.1. The Kier molecular flexibility index (Phi) is 4.22. The molecule has 114 valence electrons. The highest BCUT2D eigenvalue weighted by Gasteiger charge is 2.53. The fourth-order valence-corrected chi connectivity index (χ4v) is 2.77. The molecule has 0 radical (unpaired) electrons. The van der Waals surface area contributed by atoms with Crippen LogP contribution in [0, 0.1) is 17.8 Å². The first kappa shape index (κ1) is 15.1. The third-order valence-corrected chi connectivity index (χ3v) is 3.94. The Hall–Kier alpha value is -1.31. The van der Waals surface area contributed by atoms with Gasteiger partial charge >= 0.3 is 12.1 Å². The highest BCUT2D eigenvalue weighted by atomic mass is 19.4. The number of nitrogens with zero attached hydrogens (tertiary/aromatic N) is 1. The zero-order valence-electron chi connectivity index (χ0n) is 10.7. The predicted molar refractivity (Wildman–Crippen MR) is 60.8 cm³/mol. The van der Waals surface area contributed by atoms with E-state index in [0.29, 0.717) is 26.1 Å². The molecule has 1 amide bonds. The largest absolute Gasteiger partial charge is 0.481 e. The summed E-state index contributed by atoms with van der Waals surface area (Å²) in [5.74, 6) is -5.80. The molecule has 2 aliphatic rings. The van der Waals surface area contributed by atoms with Crippen molar-refractivity contribution in [2.24, 2.45) is 17.8 Å². The van der Waals surface area contributed by atoms with Crippen molar-refractivity contribution in [2.45, 2.75) is 19.0 Å². The Balaban J connectivity index is 2.07. The second-order valence-corrected chi connectivity index (χ2v) is 5.22. The van der Waals surface area contributed by atoms with Gasteiger partial charge in [-0.2, -0.15) is 13.2 Å². The second-order valence-electron chi connectivity index (χ2n) is 5.22. The van der Waals surface area contributed by atoms with E-state index in [2.05, 4.69) is 0 Å². The number of hydrogen-bond donors (Lipinski definition) is 1. The maximum Gasteiger partial charge on any atom is 0.394 e. The molecule has 0 bridgehead atoms. The number of likely N-dealkylation sites (tertiary alicyclic amines) is 1. The van der Waals surface area contributed by atoms with Gasteiger partial charge in [-0.1, -0.05) is 0 Å². The molecule has 2 heterocycles. The first-order valence-electron chi connectivity index (χ1n) is 6.46. The first-order chi connectivity index (χ1) is 9.30. The molecular weight excluding hydrogens is 279 g/mol. The molecule has 0 aromatic carbocycles. The number of carboxylic acids is 1. The molecule has 2 rings (SSSR count). The van der Waals surface area contributed by atoms with E-state index in [1.807, 2.05) is 0 Å². The highest BCUT2D eigenvalue weighted by molar-refractivity contribution is 5.81. The lowest BCUT2D eigenvalue weighted by Gasteiger charge is -2.26. The molecule has 0 saturated carbocycles. The Morgan fingerprint density at radius 3 is 2.20 bits per heavy atom. The van der Waals surface area contributed by atoms with Gasteiger partial charge in [-0.05, 0) is 12.8 Å². The third kappa shape index (κ3) is 3.05. The van der Waals surface area contributed by atoms with Gasteiger partial charge in [-0.3, -0.25) is 9.59 Å². The molecule has 0 spiro atoms. The maximum atomic E-state index is 12.8. The van der Waals surface area contributed by atoms with Gasteiger partial charge in [0.15, 0.2) is 0 Å². The van der Waals surface area contributed by atoms with Gasteiger partial charge in [-0.25, -0.2) is 0 Å². The number of alkyl halides is 3. The van der Waals surface area contributed by atoms with Crippen molar-refractivity contribution >= 4 is 11.9 Å². The van der Waals surface area contributed by atoms with E-state index in [1.54, 1.807) is 0 Å². The van der Waals surface area contributed by atoms with Crippen molar-refractivity contribution < 1.29 is 32.6 Å². The van der Waals surface area contributed by atoms with E-state index in [-0.39, 0.29) is 18.4 Å². The van der Waals surface area contributed by atoms with Gasteiger partial charge in [0, 0.05) is 32.2 Å². The standard InChI is InChI=1S/C12H16F3NO4/c13-12(14,15)9-6-16(5-8(9)11(18)19)10(17)7-1-3-20-4-2-7/h7-9H,1-6H2,(H,18,19)/t8-,9-/m1/s1. The number of amides is 1. The van der Waals surface area contributed by atoms with Crippen LogP contribution < -0.4 is 0 Å². The molecule has 5 nitrogen and oxygen atoms in total. The van der Waals surface area contributed by atoms with Gasteiger partial charge < -0.3 is 14.7 Å². The lowest BCUT2D eigenvalue weighted by atomic mass is 9.96. The van der Waals surface area contributed by atoms with Crippen molar-refractivity contribution in [3.63, 3.8) is 0 Å². The van der Waals surface area contributed by atoms with Gasteiger partial charge in [0.25, 0.3) is 0 Å². The second kappa shape index (κ2) is 5.59. The van der Waals surface area contributed by atoms with Gasteiger partial charge in [0.1, 0.15) is 0 Å². The van der Waals surface area contributed by atoms with Crippen molar-refractivity contribution in [3.05, 3.63) is 0 Å². The van der Waals surface area contributed by atoms with Crippen LogP contribution in [0.5, 0.6) is 0 Å². The van der Waals surface area contributed by atoms with Crippen LogP contribution in [0.3, 0.4) is 0 Å². The monoisotopic (exact) mass is 295 g/mol. The minimum absolute atomic E-state index is 0.356. The van der Waals surface area contributed by atoms with Crippen LogP contribution in [0.25, 0.3) is 0 Å². The predicted octanol–water partition coefficient (Wildman–Crippen LogP) is 1.13. The molecule has 0 aromatic heterocycles. The molecule has 1 N–H and O–H groups in total. The number of hydrogen-bond acceptors (Lipinski definition) is 3. The summed E-state index contributed by atoms with van der Waals surface area (Å²) in [5, 5.41) is 8.90. The molecule has 20 heavy (non-hydrogen) atoms. The zero-order valence-corrected chi connectivity index (χ0v) is 10.7. The molecule has 2 fully saturated rings. The number of rotatable bonds is 2. The Morgan fingerprint density at radius 1 is 1.15 bits per heavy atom. The van der Waals surface area contributed by atoms with Gasteiger partial charge in [0.05, 0.1) is 11.8 Å². The molecule has 2 atom stereocenters. The van der Waals surface area contributed by atoms with Gasteiger partial charge in [-0.15, -0.1) is 0 Å². The minimum Gasteiger partial charge on any atom is -0.481 e. The molecule has 0 aliphatic carbocycles. The smallest absolute Gasteiger partial charge is 0.394 e.